The first kappa shape index (κ1) is 24.8. The summed E-state index contributed by atoms with van der Waals surface area (Å²) in [6, 6.07) is 14.0. The smallest absolute Gasteiger partial charge is 0.377 e. The van der Waals surface area contributed by atoms with Gasteiger partial charge in [0, 0.05) is 44.4 Å². The second kappa shape index (κ2) is 11.3. The SMILES string of the molecule is CN(C)c1ccc(/C=C/c2cccc[n+]2CCCC(=O)OCC(O)C2OC(=O)C(O)=C2O)cc1. The number of benzene rings is 1. The van der Waals surface area contributed by atoms with E-state index in [0.717, 1.165) is 16.9 Å². The molecule has 34 heavy (non-hydrogen) atoms. The Hall–Kier alpha value is -3.85. The molecule has 1 aliphatic rings. The highest BCUT2D eigenvalue weighted by Gasteiger charge is 2.39. The van der Waals surface area contributed by atoms with E-state index < -0.39 is 42.3 Å². The first-order chi connectivity index (χ1) is 16.3. The first-order valence-corrected chi connectivity index (χ1v) is 10.9. The van der Waals surface area contributed by atoms with E-state index in [0.29, 0.717) is 13.0 Å². The van der Waals surface area contributed by atoms with Crippen LogP contribution >= 0.6 is 0 Å². The highest BCUT2D eigenvalue weighted by Crippen LogP contribution is 2.21. The van der Waals surface area contributed by atoms with Crippen molar-refractivity contribution < 1.29 is 38.9 Å². The Morgan fingerprint density at radius 1 is 1.18 bits per heavy atom. The summed E-state index contributed by atoms with van der Waals surface area (Å²) in [5, 5.41) is 28.8. The van der Waals surface area contributed by atoms with Crippen LogP contribution < -0.4 is 9.47 Å². The largest absolute Gasteiger partial charge is 0.505 e. The van der Waals surface area contributed by atoms with E-state index in [1.165, 1.54) is 0 Å². The summed E-state index contributed by atoms with van der Waals surface area (Å²) in [6.07, 6.45) is 3.65. The van der Waals surface area contributed by atoms with Crippen molar-refractivity contribution in [1.29, 1.82) is 0 Å². The highest BCUT2D eigenvalue weighted by atomic mass is 16.6. The maximum Gasteiger partial charge on any atom is 0.377 e. The molecule has 0 saturated heterocycles. The zero-order valence-corrected chi connectivity index (χ0v) is 19.1. The Morgan fingerprint density at radius 3 is 2.56 bits per heavy atom. The molecule has 2 aromatic rings. The van der Waals surface area contributed by atoms with Gasteiger partial charge in [0.2, 0.25) is 11.5 Å². The molecule has 0 radical (unpaired) electrons. The lowest BCUT2D eigenvalue weighted by molar-refractivity contribution is -0.698. The van der Waals surface area contributed by atoms with Gasteiger partial charge in [-0.15, -0.1) is 0 Å². The first-order valence-electron chi connectivity index (χ1n) is 10.9. The third kappa shape index (κ3) is 6.35. The standard InChI is InChI=1S/C25H28N2O7/c1-26(2)18-11-8-17(9-12-18)10-13-19-6-3-4-14-27(19)15-5-7-21(29)33-16-20(28)24-22(30)23(31)25(32)34-24/h3-4,6,8-14,20,24,28H,5,7,15-16H2,1-2H3,(H-,30,31,32)/p+1. The fourth-order valence-corrected chi connectivity index (χ4v) is 3.37. The quantitative estimate of drug-likeness (QED) is 0.358. The molecule has 3 rings (SSSR count). The predicted octanol–water partition coefficient (Wildman–Crippen LogP) is 2.15. The van der Waals surface area contributed by atoms with Gasteiger partial charge in [-0.05, 0) is 29.8 Å². The van der Waals surface area contributed by atoms with Gasteiger partial charge in [0.05, 0.1) is 6.42 Å². The second-order valence-corrected chi connectivity index (χ2v) is 8.05. The van der Waals surface area contributed by atoms with Crippen molar-refractivity contribution in [3.05, 3.63) is 71.4 Å². The molecule has 0 saturated carbocycles. The lowest BCUT2D eigenvalue weighted by Crippen LogP contribution is -2.37. The maximum absolute atomic E-state index is 12.0. The van der Waals surface area contributed by atoms with Crippen LogP contribution in [-0.4, -0.2) is 60.2 Å². The number of rotatable bonds is 10. The van der Waals surface area contributed by atoms with Crippen molar-refractivity contribution in [3.8, 4) is 0 Å². The van der Waals surface area contributed by atoms with E-state index in [-0.39, 0.29) is 6.42 Å². The number of carbonyl (C=O) groups excluding carboxylic acids is 2. The molecule has 0 amide bonds. The van der Waals surface area contributed by atoms with E-state index in [1.54, 1.807) is 0 Å². The average Bonchev–Trinajstić information content (AvgIpc) is 3.09. The summed E-state index contributed by atoms with van der Waals surface area (Å²) in [6.45, 7) is 0.0998. The predicted molar refractivity (Wildman–Crippen MR) is 125 cm³/mol. The molecule has 1 aliphatic heterocycles. The van der Waals surface area contributed by atoms with Crippen LogP contribution in [0.4, 0.5) is 5.69 Å². The van der Waals surface area contributed by atoms with Gasteiger partial charge >= 0.3 is 11.9 Å². The lowest BCUT2D eigenvalue weighted by Gasteiger charge is -2.17. The van der Waals surface area contributed by atoms with Crippen molar-refractivity contribution in [2.24, 2.45) is 0 Å². The highest BCUT2D eigenvalue weighted by molar-refractivity contribution is 5.89. The van der Waals surface area contributed by atoms with Crippen molar-refractivity contribution in [2.45, 2.75) is 31.6 Å². The maximum atomic E-state index is 12.0. The van der Waals surface area contributed by atoms with Gasteiger partial charge in [-0.2, -0.15) is 4.57 Å². The minimum absolute atomic E-state index is 0.112. The molecule has 2 heterocycles. The zero-order valence-electron chi connectivity index (χ0n) is 19.1. The number of esters is 2. The third-order valence-electron chi connectivity index (χ3n) is 5.32. The van der Waals surface area contributed by atoms with Crippen molar-refractivity contribution in [3.63, 3.8) is 0 Å². The number of hydrogen-bond donors (Lipinski definition) is 3. The Balaban J connectivity index is 1.48. The van der Waals surface area contributed by atoms with Crippen LogP contribution in [0.2, 0.25) is 0 Å². The Labute approximate surface area is 197 Å². The molecule has 0 fully saturated rings. The van der Waals surface area contributed by atoms with Crippen molar-refractivity contribution >= 4 is 29.8 Å². The van der Waals surface area contributed by atoms with Gasteiger partial charge in [0.15, 0.2) is 18.1 Å². The zero-order chi connectivity index (χ0) is 24.7. The molecule has 2 atom stereocenters. The van der Waals surface area contributed by atoms with Gasteiger partial charge in [0.25, 0.3) is 0 Å². The van der Waals surface area contributed by atoms with E-state index in [2.05, 4.69) is 16.9 Å². The summed E-state index contributed by atoms with van der Waals surface area (Å²) in [7, 11) is 3.99. The molecule has 0 bridgehead atoms. The number of aryl methyl sites for hydroxylation is 1. The van der Waals surface area contributed by atoms with Crippen LogP contribution in [0.5, 0.6) is 0 Å². The summed E-state index contributed by atoms with van der Waals surface area (Å²) in [5.41, 5.74) is 3.18. The molecule has 1 aromatic heterocycles. The fourth-order valence-electron chi connectivity index (χ4n) is 3.37. The number of cyclic esters (lactones) is 1. The number of pyridine rings is 1. The monoisotopic (exact) mass is 469 g/mol. The molecular weight excluding hydrogens is 440 g/mol. The van der Waals surface area contributed by atoms with E-state index >= 15 is 0 Å². The molecule has 0 spiro atoms. The number of aliphatic hydroxyl groups excluding tert-OH is 3. The molecule has 2 unspecified atom stereocenters. The fraction of sp³-hybridized carbons (Fsp3) is 0.320. The molecule has 1 aromatic carbocycles. The lowest BCUT2D eigenvalue weighted by atomic mass is 10.1. The van der Waals surface area contributed by atoms with Gasteiger partial charge in [-0.1, -0.05) is 12.1 Å². The van der Waals surface area contributed by atoms with Crippen LogP contribution in [0, 0.1) is 0 Å². The normalized spacial score (nSPS) is 16.6. The van der Waals surface area contributed by atoms with E-state index in [9.17, 15) is 24.9 Å². The Bertz CT molecular complexity index is 1080. The summed E-state index contributed by atoms with van der Waals surface area (Å²) in [4.78, 5) is 25.3. The van der Waals surface area contributed by atoms with Crippen molar-refractivity contribution in [2.75, 3.05) is 25.6 Å². The second-order valence-electron chi connectivity index (χ2n) is 8.05. The summed E-state index contributed by atoms with van der Waals surface area (Å²) >= 11 is 0. The number of aromatic nitrogens is 1. The van der Waals surface area contributed by atoms with Crippen LogP contribution in [0.15, 0.2) is 60.2 Å². The van der Waals surface area contributed by atoms with Gasteiger partial charge in [0.1, 0.15) is 19.3 Å². The number of anilines is 1. The van der Waals surface area contributed by atoms with Crippen LogP contribution in [-0.2, 0) is 25.6 Å². The van der Waals surface area contributed by atoms with Crippen molar-refractivity contribution in [1.82, 2.24) is 0 Å². The van der Waals surface area contributed by atoms with Crippen LogP contribution in [0.3, 0.4) is 0 Å². The van der Waals surface area contributed by atoms with Gasteiger partial charge in [-0.25, -0.2) is 4.79 Å². The summed E-state index contributed by atoms with van der Waals surface area (Å²) < 4.78 is 11.7. The average molecular weight is 470 g/mol. The van der Waals surface area contributed by atoms with E-state index in [1.807, 2.05) is 72.2 Å². The molecule has 0 aliphatic carbocycles. The number of ether oxygens (including phenoxy) is 2. The molecular formula is C25H29N2O7+. The van der Waals surface area contributed by atoms with Crippen LogP contribution in [0.1, 0.15) is 24.1 Å². The minimum atomic E-state index is -1.48. The van der Waals surface area contributed by atoms with Gasteiger partial charge in [-0.3, -0.25) is 4.79 Å². The molecule has 9 nitrogen and oxygen atoms in total. The molecule has 180 valence electrons. The Kier molecular flexibility index (Phi) is 8.26. The topological polar surface area (TPSA) is 120 Å². The molecule has 3 N–H and O–H groups in total. The number of carbonyl (C=O) groups is 2. The molecule has 9 heteroatoms. The third-order valence-corrected chi connectivity index (χ3v) is 5.32. The van der Waals surface area contributed by atoms with Crippen LogP contribution in [0.25, 0.3) is 12.2 Å². The minimum Gasteiger partial charge on any atom is -0.505 e. The number of hydrogen-bond acceptors (Lipinski definition) is 8. The number of nitrogens with zero attached hydrogens (tertiary/aromatic N) is 2. The summed E-state index contributed by atoms with van der Waals surface area (Å²) in [5.74, 6) is -3.40. The van der Waals surface area contributed by atoms with Gasteiger partial charge < -0.3 is 29.7 Å². The van der Waals surface area contributed by atoms with E-state index in [4.69, 9.17) is 4.74 Å². The Morgan fingerprint density at radius 2 is 1.91 bits per heavy atom. The number of aliphatic hydroxyl groups is 3.